The fourth-order valence-electron chi connectivity index (χ4n) is 2.86. The topological polar surface area (TPSA) is 96.1 Å². The molecular weight excluding hydrogens is 324 g/mol. The first-order valence-corrected chi connectivity index (χ1v) is 8.41. The lowest BCUT2D eigenvalue weighted by molar-refractivity contribution is -0.122. The van der Waals surface area contributed by atoms with Crippen molar-refractivity contribution in [3.63, 3.8) is 0 Å². The summed E-state index contributed by atoms with van der Waals surface area (Å²) >= 11 is 0. The van der Waals surface area contributed by atoms with E-state index in [0.29, 0.717) is 38.3 Å². The monoisotopic (exact) mass is 348 g/mol. The molecule has 0 aromatic carbocycles. The Morgan fingerprint density at radius 1 is 1.44 bits per heavy atom. The maximum Gasteiger partial charge on any atom is 0.220 e. The van der Waals surface area contributed by atoms with Crippen LogP contribution in [0.25, 0.3) is 0 Å². The van der Waals surface area contributed by atoms with Crippen LogP contribution in [0.3, 0.4) is 0 Å². The summed E-state index contributed by atoms with van der Waals surface area (Å²) < 4.78 is 14.8. The molecule has 1 amide bonds. The third-order valence-corrected chi connectivity index (χ3v) is 4.08. The predicted octanol–water partition coefficient (Wildman–Crippen LogP) is 0.371. The molecule has 0 aliphatic carbocycles. The summed E-state index contributed by atoms with van der Waals surface area (Å²) in [6, 6.07) is -0.150. The second-order valence-electron chi connectivity index (χ2n) is 6.25. The molecule has 25 heavy (non-hydrogen) atoms. The smallest absolute Gasteiger partial charge is 0.220 e. The van der Waals surface area contributed by atoms with Crippen LogP contribution in [-0.4, -0.2) is 55.8 Å². The van der Waals surface area contributed by atoms with Gasteiger partial charge in [-0.15, -0.1) is 0 Å². The Morgan fingerprint density at radius 3 is 2.96 bits per heavy atom. The van der Waals surface area contributed by atoms with E-state index in [1.54, 1.807) is 17.1 Å². The second-order valence-corrected chi connectivity index (χ2v) is 6.25. The average molecular weight is 348 g/mol. The number of ether oxygens (including phenoxy) is 2. The Hall–Kier alpha value is -2.42. The molecule has 0 spiro atoms. The number of carbonyl (C=O) groups excluding carboxylic acids is 1. The molecule has 9 nitrogen and oxygen atoms in total. The molecule has 2 aromatic heterocycles. The van der Waals surface area contributed by atoms with Crippen molar-refractivity contribution >= 4 is 5.91 Å². The van der Waals surface area contributed by atoms with E-state index < -0.39 is 0 Å². The van der Waals surface area contributed by atoms with Crippen LogP contribution >= 0.6 is 0 Å². The molecule has 0 unspecified atom stereocenters. The number of nitrogens with zero attached hydrogens (tertiary/aromatic N) is 5. The minimum Gasteiger partial charge on any atom is -0.482 e. The average Bonchev–Trinajstić information content (AvgIpc) is 3.23. The number of hydrogen-bond acceptors (Lipinski definition) is 6. The summed E-state index contributed by atoms with van der Waals surface area (Å²) in [5.41, 5.74) is 0. The van der Waals surface area contributed by atoms with Gasteiger partial charge in [-0.05, 0) is 20.3 Å². The minimum absolute atomic E-state index is 0.00947. The SMILES string of the molecule is Cc1nc(C)n(CCCC(=O)N[C@H]2COC[C@H]2Oc2cnn(C)c2)n1. The van der Waals surface area contributed by atoms with Gasteiger partial charge in [0.1, 0.15) is 17.8 Å². The van der Waals surface area contributed by atoms with E-state index in [1.165, 1.54) is 0 Å². The van der Waals surface area contributed by atoms with Gasteiger partial charge in [0, 0.05) is 20.0 Å². The molecule has 2 aromatic rings. The number of aryl methyl sites for hydroxylation is 4. The molecule has 2 atom stereocenters. The standard InChI is InChI=1S/C16H24N6O3/c1-11-18-12(2)22(20-11)6-4-5-16(23)19-14-9-24-10-15(14)25-13-7-17-21(3)8-13/h7-8,14-15H,4-6,9-10H2,1-3H3,(H,19,23)/t14-,15+/m0/s1. The van der Waals surface area contributed by atoms with E-state index in [2.05, 4.69) is 20.5 Å². The van der Waals surface area contributed by atoms with Gasteiger partial charge in [0.05, 0.1) is 31.6 Å². The van der Waals surface area contributed by atoms with Crippen molar-refractivity contribution in [2.75, 3.05) is 13.2 Å². The van der Waals surface area contributed by atoms with Crippen LogP contribution in [0.15, 0.2) is 12.4 Å². The van der Waals surface area contributed by atoms with Crippen molar-refractivity contribution < 1.29 is 14.3 Å². The first-order valence-electron chi connectivity index (χ1n) is 8.41. The van der Waals surface area contributed by atoms with Gasteiger partial charge in [-0.25, -0.2) is 4.98 Å². The Labute approximate surface area is 146 Å². The number of carbonyl (C=O) groups is 1. The summed E-state index contributed by atoms with van der Waals surface area (Å²) in [5, 5.41) is 11.4. The number of rotatable bonds is 7. The fraction of sp³-hybridized carbons (Fsp3) is 0.625. The molecule has 1 N–H and O–H groups in total. The molecule has 1 saturated heterocycles. The Balaban J connectivity index is 1.44. The van der Waals surface area contributed by atoms with Crippen LogP contribution < -0.4 is 10.1 Å². The molecule has 0 bridgehead atoms. The van der Waals surface area contributed by atoms with Gasteiger partial charge in [0.25, 0.3) is 0 Å². The molecule has 3 heterocycles. The highest BCUT2D eigenvalue weighted by atomic mass is 16.5. The first kappa shape index (κ1) is 17.4. The largest absolute Gasteiger partial charge is 0.482 e. The maximum atomic E-state index is 12.2. The lowest BCUT2D eigenvalue weighted by atomic mass is 10.2. The summed E-state index contributed by atoms with van der Waals surface area (Å²) in [7, 11) is 1.83. The van der Waals surface area contributed by atoms with Crippen molar-refractivity contribution in [3.05, 3.63) is 24.0 Å². The Kier molecular flexibility index (Phi) is 5.32. The zero-order valence-corrected chi connectivity index (χ0v) is 14.8. The fourth-order valence-corrected chi connectivity index (χ4v) is 2.86. The van der Waals surface area contributed by atoms with Crippen LogP contribution in [0, 0.1) is 13.8 Å². The molecule has 136 valence electrons. The molecule has 9 heteroatoms. The zero-order chi connectivity index (χ0) is 17.8. The highest BCUT2D eigenvalue weighted by molar-refractivity contribution is 5.76. The van der Waals surface area contributed by atoms with Crippen molar-refractivity contribution in [1.29, 1.82) is 0 Å². The van der Waals surface area contributed by atoms with Gasteiger partial charge in [-0.3, -0.25) is 14.2 Å². The number of nitrogens with one attached hydrogen (secondary N) is 1. The number of hydrogen-bond donors (Lipinski definition) is 1. The van der Waals surface area contributed by atoms with Crippen molar-refractivity contribution in [2.45, 2.75) is 45.4 Å². The lowest BCUT2D eigenvalue weighted by Crippen LogP contribution is -2.45. The molecular formula is C16H24N6O3. The quantitative estimate of drug-likeness (QED) is 0.777. The maximum absolute atomic E-state index is 12.2. The van der Waals surface area contributed by atoms with Crippen LogP contribution in [0.1, 0.15) is 24.5 Å². The highest BCUT2D eigenvalue weighted by Crippen LogP contribution is 2.16. The predicted molar refractivity (Wildman–Crippen MR) is 89.1 cm³/mol. The molecule has 0 saturated carbocycles. The molecule has 1 aliphatic rings. The van der Waals surface area contributed by atoms with E-state index in [9.17, 15) is 4.79 Å². The second kappa shape index (κ2) is 7.64. The molecule has 1 fully saturated rings. The van der Waals surface area contributed by atoms with E-state index in [4.69, 9.17) is 9.47 Å². The minimum atomic E-state index is -0.201. The van der Waals surface area contributed by atoms with Gasteiger partial charge >= 0.3 is 0 Å². The third kappa shape index (κ3) is 4.56. The molecule has 1 aliphatic heterocycles. The number of amides is 1. The highest BCUT2D eigenvalue weighted by Gasteiger charge is 2.31. The van der Waals surface area contributed by atoms with Crippen LogP contribution in [0.4, 0.5) is 0 Å². The van der Waals surface area contributed by atoms with Crippen molar-refractivity contribution in [1.82, 2.24) is 29.9 Å². The van der Waals surface area contributed by atoms with Crippen molar-refractivity contribution in [2.24, 2.45) is 7.05 Å². The van der Waals surface area contributed by atoms with E-state index >= 15 is 0 Å². The molecule has 0 radical (unpaired) electrons. The van der Waals surface area contributed by atoms with Crippen LogP contribution in [0.5, 0.6) is 5.75 Å². The van der Waals surface area contributed by atoms with Crippen molar-refractivity contribution in [3.8, 4) is 5.75 Å². The zero-order valence-electron chi connectivity index (χ0n) is 14.8. The third-order valence-electron chi connectivity index (χ3n) is 4.08. The first-order chi connectivity index (χ1) is 12.0. The van der Waals surface area contributed by atoms with Gasteiger partial charge in [0.15, 0.2) is 5.75 Å². The van der Waals surface area contributed by atoms with E-state index in [-0.39, 0.29) is 18.1 Å². The van der Waals surface area contributed by atoms with Gasteiger partial charge in [-0.2, -0.15) is 10.2 Å². The van der Waals surface area contributed by atoms with Crippen LogP contribution in [-0.2, 0) is 23.1 Å². The normalized spacial score (nSPS) is 20.0. The summed E-state index contributed by atoms with van der Waals surface area (Å²) in [6.45, 7) is 5.36. The van der Waals surface area contributed by atoms with E-state index in [1.807, 2.05) is 25.6 Å². The van der Waals surface area contributed by atoms with Gasteiger partial charge in [0.2, 0.25) is 5.91 Å². The van der Waals surface area contributed by atoms with Gasteiger partial charge < -0.3 is 14.8 Å². The van der Waals surface area contributed by atoms with E-state index in [0.717, 1.165) is 11.6 Å². The van der Waals surface area contributed by atoms with Gasteiger partial charge in [-0.1, -0.05) is 0 Å². The summed E-state index contributed by atoms with van der Waals surface area (Å²) in [5.74, 6) is 2.28. The Morgan fingerprint density at radius 2 is 2.28 bits per heavy atom. The summed E-state index contributed by atoms with van der Waals surface area (Å²) in [6.07, 6.45) is 4.37. The number of aromatic nitrogens is 5. The van der Waals surface area contributed by atoms with Crippen LogP contribution in [0.2, 0.25) is 0 Å². The Bertz CT molecular complexity index is 725. The lowest BCUT2D eigenvalue weighted by Gasteiger charge is -2.19. The summed E-state index contributed by atoms with van der Waals surface area (Å²) in [4.78, 5) is 16.5. The molecule has 3 rings (SSSR count).